The zero-order valence-corrected chi connectivity index (χ0v) is 25.2. The second-order valence-electron chi connectivity index (χ2n) is 10.8. The van der Waals surface area contributed by atoms with Gasteiger partial charge in [0.1, 0.15) is 11.3 Å². The zero-order valence-electron chi connectivity index (χ0n) is 25.2. The number of anilines is 1. The van der Waals surface area contributed by atoms with Gasteiger partial charge < -0.3 is 14.4 Å². The van der Waals surface area contributed by atoms with Gasteiger partial charge >= 0.3 is 12.1 Å². The second kappa shape index (κ2) is 13.4. The summed E-state index contributed by atoms with van der Waals surface area (Å²) in [5.41, 5.74) is 4.42. The van der Waals surface area contributed by atoms with Crippen LogP contribution in [0.5, 0.6) is 11.6 Å². The van der Waals surface area contributed by atoms with Crippen molar-refractivity contribution in [3.05, 3.63) is 100 Å². The quantitative estimate of drug-likeness (QED) is 0.197. The first-order chi connectivity index (χ1) is 21.5. The molecule has 1 aliphatic heterocycles. The Labute approximate surface area is 259 Å². The van der Waals surface area contributed by atoms with Crippen LogP contribution in [0.15, 0.2) is 66.9 Å². The number of rotatable bonds is 8. The molecule has 1 saturated heterocycles. The van der Waals surface area contributed by atoms with Crippen LogP contribution in [0.4, 0.5) is 19.1 Å². The number of halogens is 3. The Morgan fingerprint density at radius 3 is 2.18 bits per heavy atom. The van der Waals surface area contributed by atoms with Crippen LogP contribution in [-0.4, -0.2) is 53.6 Å². The molecule has 0 saturated carbocycles. The first-order valence-corrected chi connectivity index (χ1v) is 14.5. The molecule has 0 radical (unpaired) electrons. The lowest BCUT2D eigenvalue weighted by Gasteiger charge is -2.34. The molecule has 0 unspecified atom stereocenters. The summed E-state index contributed by atoms with van der Waals surface area (Å²) in [7, 11) is 0. The van der Waals surface area contributed by atoms with Crippen LogP contribution in [0, 0.1) is 25.2 Å². The number of nitrogens with zero attached hydrogens (tertiary/aromatic N) is 5. The molecule has 1 aromatic heterocycles. The summed E-state index contributed by atoms with van der Waals surface area (Å²) < 4.78 is 50.3. The van der Waals surface area contributed by atoms with E-state index in [0.29, 0.717) is 50.0 Å². The van der Waals surface area contributed by atoms with Crippen LogP contribution in [0.1, 0.15) is 45.1 Å². The molecule has 3 aromatic carbocycles. The standard InChI is InChI=1S/C34H32F3N5O3/c1-4-44-32(43)29-20-39-33(42-15-13-41(14-16-42)21-25-7-11-28(12-8-25)34(35,36)37)40-31(29)45-30-22(2)17-27(18-23(30)3)26-9-5-24(19-38)6-10-26/h5-12,17-18,20H,4,13-16,21H2,1-3H3. The number of esters is 1. The fourth-order valence-electron chi connectivity index (χ4n) is 5.21. The second-order valence-corrected chi connectivity index (χ2v) is 10.8. The smallest absolute Gasteiger partial charge is 0.416 e. The molecule has 0 bridgehead atoms. The zero-order chi connectivity index (χ0) is 32.1. The van der Waals surface area contributed by atoms with Crippen LogP contribution >= 0.6 is 0 Å². The molecule has 0 spiro atoms. The van der Waals surface area contributed by atoms with Gasteiger partial charge in [0.15, 0.2) is 0 Å². The molecule has 0 atom stereocenters. The third-order valence-corrected chi connectivity index (χ3v) is 7.59. The van der Waals surface area contributed by atoms with E-state index in [0.717, 1.165) is 39.9 Å². The number of ether oxygens (including phenoxy) is 2. The largest absolute Gasteiger partial charge is 0.462 e. The maximum absolute atomic E-state index is 12.9. The number of hydrogen-bond donors (Lipinski definition) is 0. The number of nitriles is 1. The van der Waals surface area contributed by atoms with Crippen LogP contribution in [0.2, 0.25) is 0 Å². The summed E-state index contributed by atoms with van der Waals surface area (Å²) in [6.07, 6.45) is -2.94. The van der Waals surface area contributed by atoms with Crippen molar-refractivity contribution >= 4 is 11.9 Å². The van der Waals surface area contributed by atoms with Gasteiger partial charge in [-0.2, -0.15) is 23.4 Å². The molecule has 1 aliphatic rings. The van der Waals surface area contributed by atoms with E-state index < -0.39 is 17.7 Å². The van der Waals surface area contributed by atoms with Crippen LogP contribution in [0.3, 0.4) is 0 Å². The molecular weight excluding hydrogens is 583 g/mol. The predicted octanol–water partition coefficient (Wildman–Crippen LogP) is 6.94. The number of benzene rings is 3. The van der Waals surface area contributed by atoms with Gasteiger partial charge in [0.2, 0.25) is 11.8 Å². The van der Waals surface area contributed by atoms with E-state index in [1.165, 1.54) is 18.3 Å². The van der Waals surface area contributed by atoms with Gasteiger partial charge in [-0.15, -0.1) is 0 Å². The van der Waals surface area contributed by atoms with Gasteiger partial charge in [-0.05, 0) is 85.0 Å². The molecule has 11 heteroatoms. The van der Waals surface area contributed by atoms with Crippen molar-refractivity contribution in [2.24, 2.45) is 0 Å². The third-order valence-electron chi connectivity index (χ3n) is 7.59. The highest BCUT2D eigenvalue weighted by Crippen LogP contribution is 2.35. The van der Waals surface area contributed by atoms with Crippen molar-refractivity contribution < 1.29 is 27.4 Å². The van der Waals surface area contributed by atoms with Crippen molar-refractivity contribution in [1.82, 2.24) is 14.9 Å². The molecule has 1 fully saturated rings. The van der Waals surface area contributed by atoms with Gasteiger partial charge in [-0.25, -0.2) is 9.78 Å². The van der Waals surface area contributed by atoms with Gasteiger partial charge in [0.25, 0.3) is 0 Å². The number of piperazine rings is 1. The molecular formula is C34H32F3N5O3. The summed E-state index contributed by atoms with van der Waals surface area (Å²) >= 11 is 0. The number of aromatic nitrogens is 2. The molecule has 2 heterocycles. The fourth-order valence-corrected chi connectivity index (χ4v) is 5.21. The maximum atomic E-state index is 12.9. The lowest BCUT2D eigenvalue weighted by molar-refractivity contribution is -0.137. The first kappa shape index (κ1) is 31.5. The van der Waals surface area contributed by atoms with Crippen LogP contribution in [-0.2, 0) is 17.5 Å². The first-order valence-electron chi connectivity index (χ1n) is 14.5. The predicted molar refractivity (Wildman–Crippen MR) is 163 cm³/mol. The van der Waals surface area contributed by atoms with E-state index in [1.54, 1.807) is 19.1 Å². The lowest BCUT2D eigenvalue weighted by atomic mass is 9.99. The molecule has 45 heavy (non-hydrogen) atoms. The molecule has 0 N–H and O–H groups in total. The van der Waals surface area contributed by atoms with E-state index in [4.69, 9.17) is 14.7 Å². The summed E-state index contributed by atoms with van der Waals surface area (Å²) in [5, 5.41) is 9.11. The Morgan fingerprint density at radius 1 is 0.956 bits per heavy atom. The van der Waals surface area contributed by atoms with Crippen LogP contribution in [0.25, 0.3) is 11.1 Å². The molecule has 0 aliphatic carbocycles. The summed E-state index contributed by atoms with van der Waals surface area (Å²) in [6.45, 7) is 8.71. The van der Waals surface area contributed by atoms with Crippen molar-refractivity contribution in [3.8, 4) is 28.8 Å². The van der Waals surface area contributed by atoms with Gasteiger partial charge in [-0.1, -0.05) is 24.3 Å². The van der Waals surface area contributed by atoms with E-state index in [2.05, 4.69) is 20.9 Å². The summed E-state index contributed by atoms with van der Waals surface area (Å²) in [5.74, 6) is 0.452. The monoisotopic (exact) mass is 615 g/mol. The van der Waals surface area contributed by atoms with Crippen LogP contribution < -0.4 is 9.64 Å². The average Bonchev–Trinajstić information content (AvgIpc) is 3.03. The number of hydrogen-bond acceptors (Lipinski definition) is 8. The van der Waals surface area contributed by atoms with E-state index in [-0.39, 0.29) is 18.1 Å². The highest BCUT2D eigenvalue weighted by atomic mass is 19.4. The summed E-state index contributed by atoms with van der Waals surface area (Å²) in [6, 6.07) is 18.7. The molecule has 8 nitrogen and oxygen atoms in total. The molecule has 232 valence electrons. The molecule has 0 amide bonds. The van der Waals surface area contributed by atoms with Crippen molar-refractivity contribution in [3.63, 3.8) is 0 Å². The number of carbonyl (C=O) groups is 1. The normalized spacial score (nSPS) is 13.8. The SMILES string of the molecule is CCOC(=O)c1cnc(N2CCN(Cc3ccc(C(F)(F)F)cc3)CC2)nc1Oc1c(C)cc(-c2ccc(C#N)cc2)cc1C. The minimum atomic E-state index is -4.36. The lowest BCUT2D eigenvalue weighted by Crippen LogP contribution is -2.46. The maximum Gasteiger partial charge on any atom is 0.416 e. The third kappa shape index (κ3) is 7.41. The minimum Gasteiger partial charge on any atom is -0.462 e. The average molecular weight is 616 g/mol. The fraction of sp³-hybridized carbons (Fsp3) is 0.294. The van der Waals surface area contributed by atoms with E-state index >= 15 is 0 Å². The number of aryl methyl sites for hydroxylation is 2. The van der Waals surface area contributed by atoms with Crippen molar-refractivity contribution in [1.29, 1.82) is 5.26 Å². The topological polar surface area (TPSA) is 91.6 Å². The van der Waals surface area contributed by atoms with Gasteiger partial charge in [0, 0.05) is 32.7 Å². The Morgan fingerprint density at radius 2 is 1.60 bits per heavy atom. The Hall–Kier alpha value is -4.95. The van der Waals surface area contributed by atoms with E-state index in [9.17, 15) is 18.0 Å². The highest BCUT2D eigenvalue weighted by Gasteiger charge is 2.30. The van der Waals surface area contributed by atoms with Gasteiger partial charge in [0.05, 0.1) is 30.0 Å². The molecule has 4 aromatic rings. The summed E-state index contributed by atoms with van der Waals surface area (Å²) in [4.78, 5) is 26.1. The number of alkyl halides is 3. The number of carbonyl (C=O) groups excluding carboxylic acids is 1. The highest BCUT2D eigenvalue weighted by molar-refractivity contribution is 5.91. The Kier molecular flexibility index (Phi) is 9.34. The van der Waals surface area contributed by atoms with Crippen molar-refractivity contribution in [2.75, 3.05) is 37.7 Å². The Balaban J connectivity index is 1.33. The molecule has 5 rings (SSSR count). The minimum absolute atomic E-state index is 0.0861. The van der Waals surface area contributed by atoms with Gasteiger partial charge in [-0.3, -0.25) is 4.90 Å². The van der Waals surface area contributed by atoms with E-state index in [1.807, 2.05) is 43.0 Å². The Bertz CT molecular complexity index is 1690. The van der Waals surface area contributed by atoms with Crippen molar-refractivity contribution in [2.45, 2.75) is 33.5 Å².